The Balaban J connectivity index is 2.92. The molecule has 1 unspecified atom stereocenters. The highest BCUT2D eigenvalue weighted by molar-refractivity contribution is 5.89. The zero-order valence-corrected chi connectivity index (χ0v) is 18.2. The molecule has 0 saturated heterocycles. The summed E-state index contributed by atoms with van der Waals surface area (Å²) in [4.78, 5) is 36.8. The van der Waals surface area contributed by atoms with Gasteiger partial charge in [0.1, 0.15) is 12.4 Å². The van der Waals surface area contributed by atoms with Crippen LogP contribution >= 0.6 is 0 Å². The summed E-state index contributed by atoms with van der Waals surface area (Å²) in [5.74, 6) is -3.65. The molecule has 3 atom stereocenters. The number of benzene rings is 1. The van der Waals surface area contributed by atoms with Gasteiger partial charge in [-0.3, -0.25) is 14.4 Å². The van der Waals surface area contributed by atoms with Crippen molar-refractivity contribution < 1.29 is 37.0 Å². The fraction of sp³-hybridized carbons (Fsp3) is 0.591. The minimum Gasteiger partial charge on any atom is -0.469 e. The van der Waals surface area contributed by atoms with E-state index in [0.29, 0.717) is 18.9 Å². The van der Waals surface area contributed by atoms with Gasteiger partial charge in [-0.25, -0.2) is 0 Å². The van der Waals surface area contributed by atoms with Crippen molar-refractivity contribution in [3.8, 4) is 0 Å². The molecule has 0 heterocycles. The lowest BCUT2D eigenvalue weighted by atomic mass is 9.80. The number of alkyl halides is 3. The third-order valence-corrected chi connectivity index (χ3v) is 5.07. The normalized spacial score (nSPS) is 15.6. The van der Waals surface area contributed by atoms with E-state index in [9.17, 15) is 27.6 Å². The van der Waals surface area contributed by atoms with Gasteiger partial charge in [0, 0.05) is 6.42 Å². The van der Waals surface area contributed by atoms with Crippen molar-refractivity contribution in [3.63, 3.8) is 0 Å². The third-order valence-electron chi connectivity index (χ3n) is 5.07. The topological polar surface area (TPSA) is 95.7 Å². The lowest BCUT2D eigenvalue weighted by Crippen LogP contribution is -2.49. The lowest BCUT2D eigenvalue weighted by Gasteiger charge is -2.31. The van der Waals surface area contributed by atoms with Crippen LogP contribution in [-0.2, 0) is 30.5 Å². The van der Waals surface area contributed by atoms with Gasteiger partial charge in [-0.2, -0.15) is 13.2 Å². The molecule has 0 spiro atoms. The van der Waals surface area contributed by atoms with Crippen LogP contribution in [0.15, 0.2) is 30.3 Å². The minimum atomic E-state index is -4.99. The zero-order chi connectivity index (χ0) is 23.8. The molecule has 0 saturated carbocycles. The highest BCUT2D eigenvalue weighted by Crippen LogP contribution is 2.43. The predicted molar refractivity (Wildman–Crippen MR) is 108 cm³/mol. The van der Waals surface area contributed by atoms with Gasteiger partial charge >= 0.3 is 18.1 Å². The summed E-state index contributed by atoms with van der Waals surface area (Å²) < 4.78 is 50.9. The fourth-order valence-corrected chi connectivity index (χ4v) is 3.14. The standard InChI is InChI=1S/C22H30F3NO5/c1-14(2)10-16(19(28)30-4)11-18(27)17(26)12-21(3,22(23,24)25)20(29)31-13-15-8-6-5-7-9-15/h5-9,14,16-17H,10-13,26H2,1-4H3/t16-,17-,21?/m1/s1. The maximum absolute atomic E-state index is 13.8. The van der Waals surface area contributed by atoms with Gasteiger partial charge in [0.15, 0.2) is 5.41 Å². The monoisotopic (exact) mass is 445 g/mol. The van der Waals surface area contributed by atoms with Crippen LogP contribution in [0.5, 0.6) is 0 Å². The van der Waals surface area contributed by atoms with Crippen LogP contribution in [0.25, 0.3) is 0 Å². The van der Waals surface area contributed by atoms with Crippen molar-refractivity contribution in [2.45, 2.75) is 58.9 Å². The highest BCUT2D eigenvalue weighted by atomic mass is 19.4. The highest BCUT2D eigenvalue weighted by Gasteiger charge is 2.58. The second kappa shape index (κ2) is 11.3. The summed E-state index contributed by atoms with van der Waals surface area (Å²) in [6, 6.07) is 6.65. The van der Waals surface area contributed by atoms with Crippen molar-refractivity contribution in [1.82, 2.24) is 0 Å². The van der Waals surface area contributed by atoms with Crippen LogP contribution in [0.1, 0.15) is 45.6 Å². The summed E-state index contributed by atoms with van der Waals surface area (Å²) in [7, 11) is 1.17. The molecule has 1 aromatic carbocycles. The quantitative estimate of drug-likeness (QED) is 0.521. The number of methoxy groups -OCH3 is 1. The van der Waals surface area contributed by atoms with Gasteiger partial charge in [0.25, 0.3) is 0 Å². The Hall–Kier alpha value is -2.42. The van der Waals surface area contributed by atoms with Crippen molar-refractivity contribution in [2.75, 3.05) is 7.11 Å². The largest absolute Gasteiger partial charge is 0.469 e. The van der Waals surface area contributed by atoms with E-state index < -0.39 is 47.7 Å². The van der Waals surface area contributed by atoms with Gasteiger partial charge in [0.2, 0.25) is 0 Å². The average Bonchev–Trinajstić information content (AvgIpc) is 2.70. The Kier molecular flexibility index (Phi) is 9.68. The molecule has 2 N–H and O–H groups in total. The summed E-state index contributed by atoms with van der Waals surface area (Å²) in [6.07, 6.45) is -6.02. The number of ketones is 1. The first kappa shape index (κ1) is 26.6. The summed E-state index contributed by atoms with van der Waals surface area (Å²) in [6.45, 7) is 4.00. The number of carbonyl (C=O) groups is 3. The third kappa shape index (κ3) is 7.65. The maximum atomic E-state index is 13.8. The van der Waals surface area contributed by atoms with E-state index in [0.717, 1.165) is 0 Å². The Morgan fingerprint density at radius 2 is 1.68 bits per heavy atom. The van der Waals surface area contributed by atoms with Crippen molar-refractivity contribution >= 4 is 17.7 Å². The van der Waals surface area contributed by atoms with E-state index in [1.165, 1.54) is 7.11 Å². The Labute approximate surface area is 180 Å². The van der Waals surface area contributed by atoms with E-state index in [-0.39, 0.29) is 18.9 Å². The summed E-state index contributed by atoms with van der Waals surface area (Å²) >= 11 is 0. The molecular weight excluding hydrogens is 415 g/mol. The molecular formula is C22H30F3NO5. The Morgan fingerprint density at radius 1 is 1.10 bits per heavy atom. The van der Waals surface area contributed by atoms with Gasteiger partial charge in [-0.05, 0) is 31.2 Å². The minimum absolute atomic E-state index is 0.0570. The van der Waals surface area contributed by atoms with Crippen LogP contribution in [0, 0.1) is 17.3 Å². The average molecular weight is 445 g/mol. The van der Waals surface area contributed by atoms with Crippen molar-refractivity contribution in [2.24, 2.45) is 23.0 Å². The van der Waals surface area contributed by atoms with Crippen LogP contribution in [0.2, 0.25) is 0 Å². The first-order valence-corrected chi connectivity index (χ1v) is 9.95. The fourth-order valence-electron chi connectivity index (χ4n) is 3.14. The first-order valence-electron chi connectivity index (χ1n) is 9.95. The van der Waals surface area contributed by atoms with Crippen LogP contribution in [0.3, 0.4) is 0 Å². The summed E-state index contributed by atoms with van der Waals surface area (Å²) in [5, 5.41) is 0. The van der Waals surface area contributed by atoms with Crippen LogP contribution in [-0.4, -0.2) is 37.0 Å². The van der Waals surface area contributed by atoms with E-state index in [2.05, 4.69) is 4.74 Å². The second-order valence-corrected chi connectivity index (χ2v) is 8.22. The first-order chi connectivity index (χ1) is 14.3. The van der Waals surface area contributed by atoms with E-state index in [4.69, 9.17) is 10.5 Å². The second-order valence-electron chi connectivity index (χ2n) is 8.22. The number of ether oxygens (including phenoxy) is 2. The van der Waals surface area contributed by atoms with Crippen LogP contribution < -0.4 is 5.73 Å². The van der Waals surface area contributed by atoms with Gasteiger partial charge in [0.05, 0.1) is 19.1 Å². The zero-order valence-electron chi connectivity index (χ0n) is 18.2. The number of hydrogen-bond donors (Lipinski definition) is 1. The van der Waals surface area contributed by atoms with Gasteiger partial charge < -0.3 is 15.2 Å². The lowest BCUT2D eigenvalue weighted by molar-refractivity contribution is -0.233. The Bertz CT molecular complexity index is 751. The number of halogens is 3. The Morgan fingerprint density at radius 3 is 2.16 bits per heavy atom. The molecule has 1 aromatic rings. The molecule has 174 valence electrons. The molecule has 0 aliphatic heterocycles. The molecule has 0 aliphatic carbocycles. The van der Waals surface area contributed by atoms with Gasteiger partial charge in [-0.1, -0.05) is 44.2 Å². The number of rotatable bonds is 11. The number of Topliss-reactive ketones (excluding diaryl/α,β-unsaturated/α-hetero) is 1. The van der Waals surface area contributed by atoms with Gasteiger partial charge in [-0.15, -0.1) is 0 Å². The number of carbonyl (C=O) groups excluding carboxylic acids is 3. The van der Waals surface area contributed by atoms with Crippen molar-refractivity contribution in [1.29, 1.82) is 0 Å². The molecule has 1 rings (SSSR count). The molecule has 31 heavy (non-hydrogen) atoms. The molecule has 0 fully saturated rings. The number of hydrogen-bond acceptors (Lipinski definition) is 6. The van der Waals surface area contributed by atoms with E-state index in [1.807, 2.05) is 13.8 Å². The molecule has 6 nitrogen and oxygen atoms in total. The molecule has 0 aliphatic rings. The molecule has 0 radical (unpaired) electrons. The number of esters is 2. The molecule has 0 aromatic heterocycles. The summed E-state index contributed by atoms with van der Waals surface area (Å²) in [5.41, 5.74) is 3.30. The van der Waals surface area contributed by atoms with E-state index in [1.54, 1.807) is 30.3 Å². The van der Waals surface area contributed by atoms with E-state index >= 15 is 0 Å². The van der Waals surface area contributed by atoms with Crippen LogP contribution in [0.4, 0.5) is 13.2 Å². The van der Waals surface area contributed by atoms with Crippen molar-refractivity contribution in [3.05, 3.63) is 35.9 Å². The molecule has 9 heteroatoms. The SMILES string of the molecule is COC(=O)[C@@H](CC(=O)[C@H](N)CC(C)(C(=O)OCc1ccccc1)C(F)(F)F)CC(C)C. The molecule has 0 bridgehead atoms. The maximum Gasteiger partial charge on any atom is 0.404 e. The molecule has 0 amide bonds. The smallest absolute Gasteiger partial charge is 0.404 e. The number of nitrogens with two attached hydrogens (primary N) is 1. The predicted octanol–water partition coefficient (Wildman–Crippen LogP) is 3.81.